The van der Waals surface area contributed by atoms with Crippen LogP contribution in [-0.4, -0.2) is 30.0 Å². The molecule has 1 aromatic carbocycles. The summed E-state index contributed by atoms with van der Waals surface area (Å²) in [5.41, 5.74) is 3.75. The number of nitrogens with one attached hydrogen (secondary N) is 2. The lowest BCUT2D eigenvalue weighted by atomic mass is 10.1. The number of hydrogen-bond acceptors (Lipinski definition) is 8. The lowest BCUT2D eigenvalue weighted by Crippen LogP contribution is -2.22. The molecule has 8 nitrogen and oxygen atoms in total. The Kier molecular flexibility index (Phi) is 6.19. The van der Waals surface area contributed by atoms with Gasteiger partial charge < -0.3 is 10.2 Å². The fourth-order valence-corrected chi connectivity index (χ4v) is 6.05. The Morgan fingerprint density at radius 2 is 2.03 bits per heavy atom. The summed E-state index contributed by atoms with van der Waals surface area (Å²) in [6, 6.07) is 7.75. The lowest BCUT2D eigenvalue weighted by molar-refractivity contribution is -0.115. The maximum Gasteiger partial charge on any atom is 0.326 e. The molecule has 2 aliphatic rings. The second kappa shape index (κ2) is 9.40. The molecule has 0 atom stereocenters. The SMILES string of the molecule is CCCCCCN1CCc2cc(/N=N/c3nc4sc(/C=C5\NC(=O)NC5=O)cc4s3)ccc21. The van der Waals surface area contributed by atoms with Crippen molar-refractivity contribution in [3.8, 4) is 0 Å². The number of thiazole rings is 1. The van der Waals surface area contributed by atoms with Gasteiger partial charge >= 0.3 is 6.03 Å². The van der Waals surface area contributed by atoms with E-state index < -0.39 is 11.9 Å². The average Bonchev–Trinajstić information content (AvgIpc) is 3.53. The van der Waals surface area contributed by atoms with Crippen molar-refractivity contribution in [1.82, 2.24) is 15.6 Å². The summed E-state index contributed by atoms with van der Waals surface area (Å²) in [5.74, 6) is -0.423. The normalized spacial score (nSPS) is 16.9. The van der Waals surface area contributed by atoms with E-state index >= 15 is 0 Å². The molecule has 0 spiro atoms. The summed E-state index contributed by atoms with van der Waals surface area (Å²) in [5, 5.41) is 14.0. The van der Waals surface area contributed by atoms with Gasteiger partial charge in [-0.25, -0.2) is 9.78 Å². The van der Waals surface area contributed by atoms with E-state index in [0.717, 1.165) is 39.6 Å². The van der Waals surface area contributed by atoms with Crippen LogP contribution >= 0.6 is 22.7 Å². The Labute approximate surface area is 199 Å². The minimum atomic E-state index is -0.503. The molecule has 0 saturated carbocycles. The first kappa shape index (κ1) is 21.7. The summed E-state index contributed by atoms with van der Waals surface area (Å²) >= 11 is 2.89. The van der Waals surface area contributed by atoms with Crippen molar-refractivity contribution in [3.63, 3.8) is 0 Å². The second-order valence-corrected chi connectivity index (χ2v) is 10.2. The quantitative estimate of drug-likeness (QED) is 0.182. The Bertz CT molecular complexity index is 1240. The van der Waals surface area contributed by atoms with Crippen molar-refractivity contribution in [2.75, 3.05) is 18.0 Å². The van der Waals surface area contributed by atoms with Gasteiger partial charge in [-0.05, 0) is 48.7 Å². The van der Waals surface area contributed by atoms with E-state index in [1.807, 2.05) is 12.1 Å². The molecule has 1 saturated heterocycles. The molecular weight excluding hydrogens is 456 g/mol. The number of anilines is 1. The standard InChI is InChI=1S/C23H24N6O2S2/c1-2-3-4-5-9-29-10-8-14-11-15(6-7-18(14)29)27-28-23-26-21-19(33-23)13-16(32-21)12-17-20(30)25-22(31)24-17/h6-7,11-13H,2-5,8-10H2,1H3,(H2,24,25,30,31)/b17-12-,28-27+. The molecule has 33 heavy (non-hydrogen) atoms. The number of urea groups is 1. The zero-order valence-electron chi connectivity index (χ0n) is 18.3. The average molecular weight is 481 g/mol. The molecule has 1 fully saturated rings. The fraction of sp³-hybridized carbons (Fsp3) is 0.348. The number of imide groups is 1. The maximum atomic E-state index is 11.7. The van der Waals surface area contributed by atoms with Crippen molar-refractivity contribution < 1.29 is 9.59 Å². The van der Waals surface area contributed by atoms with Gasteiger partial charge in [0.1, 0.15) is 10.5 Å². The molecule has 0 unspecified atom stereocenters. The summed E-state index contributed by atoms with van der Waals surface area (Å²) in [4.78, 5) is 31.6. The molecule has 2 aromatic heterocycles. The fourth-order valence-electron chi connectivity index (χ4n) is 4.06. The van der Waals surface area contributed by atoms with Crippen LogP contribution in [0, 0.1) is 0 Å². The Balaban J connectivity index is 1.25. The minimum absolute atomic E-state index is 0.241. The van der Waals surface area contributed by atoms with Crippen LogP contribution in [0.2, 0.25) is 0 Å². The predicted molar refractivity (Wildman–Crippen MR) is 133 cm³/mol. The van der Waals surface area contributed by atoms with E-state index in [9.17, 15) is 9.59 Å². The van der Waals surface area contributed by atoms with E-state index in [2.05, 4.69) is 49.8 Å². The predicted octanol–water partition coefficient (Wildman–Crippen LogP) is 5.90. The van der Waals surface area contributed by atoms with Crippen molar-refractivity contribution in [3.05, 3.63) is 40.4 Å². The van der Waals surface area contributed by atoms with E-state index in [4.69, 9.17) is 0 Å². The van der Waals surface area contributed by atoms with Gasteiger partial charge in [-0.2, -0.15) is 0 Å². The highest BCUT2D eigenvalue weighted by Crippen LogP contribution is 2.37. The first-order valence-electron chi connectivity index (χ1n) is 11.1. The number of unbranched alkanes of at least 4 members (excludes halogenated alkanes) is 3. The molecular formula is C23H24N6O2S2. The molecule has 3 aromatic rings. The van der Waals surface area contributed by atoms with Crippen LogP contribution in [0.15, 0.2) is 40.2 Å². The van der Waals surface area contributed by atoms with Crippen LogP contribution in [0.1, 0.15) is 43.0 Å². The first-order valence-corrected chi connectivity index (χ1v) is 12.8. The molecule has 2 N–H and O–H groups in total. The van der Waals surface area contributed by atoms with Gasteiger partial charge in [-0.15, -0.1) is 21.6 Å². The first-order chi connectivity index (χ1) is 16.1. The Hall–Kier alpha value is -3.11. The monoisotopic (exact) mass is 480 g/mol. The maximum absolute atomic E-state index is 11.7. The van der Waals surface area contributed by atoms with E-state index in [1.54, 1.807) is 6.08 Å². The highest BCUT2D eigenvalue weighted by Gasteiger charge is 2.23. The van der Waals surface area contributed by atoms with Gasteiger partial charge in [0.15, 0.2) is 0 Å². The topological polar surface area (TPSA) is 99.1 Å². The van der Waals surface area contributed by atoms with Crippen molar-refractivity contribution >= 4 is 66.7 Å². The number of benzene rings is 1. The summed E-state index contributed by atoms with van der Waals surface area (Å²) in [6.07, 6.45) is 7.82. The number of aromatic nitrogens is 1. The highest BCUT2D eigenvalue weighted by atomic mass is 32.1. The van der Waals surface area contributed by atoms with Gasteiger partial charge in [-0.1, -0.05) is 37.5 Å². The van der Waals surface area contributed by atoms with E-state index in [1.165, 1.54) is 59.6 Å². The smallest absolute Gasteiger partial charge is 0.326 e. The molecule has 0 aliphatic carbocycles. The number of carbonyl (C=O) groups excluding carboxylic acids is 2. The van der Waals surface area contributed by atoms with Crippen LogP contribution in [0.25, 0.3) is 15.6 Å². The Morgan fingerprint density at radius 1 is 1.12 bits per heavy atom. The zero-order chi connectivity index (χ0) is 22.8. The van der Waals surface area contributed by atoms with Gasteiger partial charge in [0, 0.05) is 23.7 Å². The van der Waals surface area contributed by atoms with Crippen molar-refractivity contribution in [1.29, 1.82) is 0 Å². The number of azo groups is 1. The van der Waals surface area contributed by atoms with Crippen LogP contribution in [-0.2, 0) is 11.2 Å². The highest BCUT2D eigenvalue weighted by molar-refractivity contribution is 7.29. The third-order valence-electron chi connectivity index (χ3n) is 5.69. The molecule has 4 heterocycles. The number of carbonyl (C=O) groups is 2. The van der Waals surface area contributed by atoms with Gasteiger partial charge in [0.25, 0.3) is 5.91 Å². The number of amides is 3. The Morgan fingerprint density at radius 3 is 2.82 bits per heavy atom. The summed E-state index contributed by atoms with van der Waals surface area (Å²) < 4.78 is 0.971. The molecule has 2 aliphatic heterocycles. The van der Waals surface area contributed by atoms with Crippen LogP contribution in [0.3, 0.4) is 0 Å². The lowest BCUT2D eigenvalue weighted by Gasteiger charge is -2.19. The molecule has 0 radical (unpaired) electrons. The molecule has 170 valence electrons. The largest absolute Gasteiger partial charge is 0.371 e. The van der Waals surface area contributed by atoms with Crippen LogP contribution < -0.4 is 15.5 Å². The van der Waals surface area contributed by atoms with Gasteiger partial charge in [-0.3, -0.25) is 10.1 Å². The summed E-state index contributed by atoms with van der Waals surface area (Å²) in [7, 11) is 0. The number of fused-ring (bicyclic) bond motifs is 2. The molecule has 5 rings (SSSR count). The second-order valence-electron chi connectivity index (χ2n) is 8.09. The van der Waals surface area contributed by atoms with Crippen molar-refractivity contribution in [2.45, 2.75) is 39.0 Å². The number of hydrogen-bond donors (Lipinski definition) is 2. The number of thiophene rings is 1. The van der Waals surface area contributed by atoms with Crippen LogP contribution in [0.5, 0.6) is 0 Å². The number of rotatable bonds is 8. The molecule has 3 amide bonds. The summed E-state index contributed by atoms with van der Waals surface area (Å²) in [6.45, 7) is 4.44. The van der Waals surface area contributed by atoms with Crippen molar-refractivity contribution in [2.24, 2.45) is 10.2 Å². The third kappa shape index (κ3) is 4.81. The zero-order valence-corrected chi connectivity index (χ0v) is 19.9. The van der Waals surface area contributed by atoms with Gasteiger partial charge in [0.2, 0.25) is 5.13 Å². The number of nitrogens with zero attached hydrogens (tertiary/aromatic N) is 4. The van der Waals surface area contributed by atoms with E-state index in [-0.39, 0.29) is 5.70 Å². The minimum Gasteiger partial charge on any atom is -0.371 e. The molecule has 0 bridgehead atoms. The van der Waals surface area contributed by atoms with E-state index in [0.29, 0.717) is 5.13 Å². The molecule has 10 heteroatoms. The van der Waals surface area contributed by atoms with Crippen LogP contribution in [0.4, 0.5) is 21.3 Å². The van der Waals surface area contributed by atoms with Gasteiger partial charge in [0.05, 0.1) is 10.4 Å². The third-order valence-corrected chi connectivity index (χ3v) is 7.68.